The SMILES string of the molecule is CC1(C)C(/C=C/C=C2/N(CCC(=O)[O-])c3ccc(S(=O)(=O)[O-])cc3C2(C)C)=[N+](CCC(=O)O)c2ccc(SOO[O-])cc21.[K+].[K+].[K+]. The van der Waals surface area contributed by atoms with Crippen molar-refractivity contribution in [1.82, 2.24) is 0 Å². The van der Waals surface area contributed by atoms with Gasteiger partial charge in [0.05, 0.1) is 22.4 Å². The summed E-state index contributed by atoms with van der Waals surface area (Å²) in [4.78, 5) is 24.8. The average molecular weight is 748 g/mol. The van der Waals surface area contributed by atoms with Gasteiger partial charge in [-0.05, 0) is 55.8 Å². The zero-order valence-corrected chi connectivity index (χ0v) is 37.9. The van der Waals surface area contributed by atoms with Crippen molar-refractivity contribution in [3.05, 3.63) is 71.5 Å². The van der Waals surface area contributed by atoms with E-state index in [1.165, 1.54) is 18.2 Å². The van der Waals surface area contributed by atoms with Gasteiger partial charge in [-0.3, -0.25) is 9.83 Å². The first-order valence-corrected chi connectivity index (χ1v) is 15.3. The van der Waals surface area contributed by atoms with Gasteiger partial charge in [0.1, 0.15) is 16.5 Å². The van der Waals surface area contributed by atoms with Crippen molar-refractivity contribution in [1.29, 1.82) is 0 Å². The number of carbonyl (C=O) groups excluding carboxylic acids is 1. The predicted octanol–water partition coefficient (Wildman–Crippen LogP) is -6.94. The molecule has 0 fully saturated rings. The second kappa shape index (κ2) is 18.7. The van der Waals surface area contributed by atoms with Crippen LogP contribution in [-0.4, -0.2) is 53.4 Å². The minimum absolute atomic E-state index is 0. The van der Waals surface area contributed by atoms with Crippen molar-refractivity contribution in [2.75, 3.05) is 18.0 Å². The quantitative estimate of drug-likeness (QED) is 0.0542. The molecule has 4 rings (SSSR count). The Morgan fingerprint density at radius 2 is 1.70 bits per heavy atom. The third-order valence-corrected chi connectivity index (χ3v) is 9.17. The number of carboxylic acid groups (broad SMARTS) is 2. The molecule has 0 amide bonds. The molecule has 17 heteroatoms. The largest absolute Gasteiger partial charge is 1.00 e. The molecule has 0 radical (unpaired) electrons. The van der Waals surface area contributed by atoms with Gasteiger partial charge in [-0.1, -0.05) is 19.9 Å². The summed E-state index contributed by atoms with van der Waals surface area (Å²) in [5, 5.41) is 34.5. The van der Waals surface area contributed by atoms with E-state index in [0.717, 1.165) is 29.0 Å². The molecule has 0 aromatic heterocycles. The molecule has 0 saturated carbocycles. The number of carboxylic acids is 2. The minimum atomic E-state index is -4.72. The van der Waals surface area contributed by atoms with Crippen LogP contribution in [0.1, 0.15) is 51.7 Å². The molecule has 2 aromatic carbocycles. The summed E-state index contributed by atoms with van der Waals surface area (Å²) in [6.07, 6.45) is 5.01. The second-order valence-electron chi connectivity index (χ2n) is 11.1. The van der Waals surface area contributed by atoms with Crippen LogP contribution in [0.2, 0.25) is 0 Å². The van der Waals surface area contributed by atoms with Crippen LogP contribution in [0.15, 0.2) is 70.1 Å². The molecule has 1 N–H and O–H groups in total. The molecule has 2 aromatic rings. The molecule has 2 aliphatic rings. The van der Waals surface area contributed by atoms with E-state index in [1.807, 2.05) is 50.5 Å². The summed E-state index contributed by atoms with van der Waals surface area (Å²) >= 11 is 0.752. The number of nitrogens with zero attached hydrogens (tertiary/aromatic N) is 2. The van der Waals surface area contributed by atoms with Crippen molar-refractivity contribution in [3.63, 3.8) is 0 Å². The molecule has 12 nitrogen and oxygen atoms in total. The maximum Gasteiger partial charge on any atom is 1.00 e. The number of rotatable bonds is 12. The second-order valence-corrected chi connectivity index (χ2v) is 13.3. The first-order valence-electron chi connectivity index (χ1n) is 13.2. The number of hydrogen-bond acceptors (Lipinski definition) is 11. The molecule has 0 bridgehead atoms. The van der Waals surface area contributed by atoms with Crippen LogP contribution in [0.4, 0.5) is 11.4 Å². The normalized spacial score (nSPS) is 16.8. The van der Waals surface area contributed by atoms with Crippen LogP contribution in [0.25, 0.3) is 0 Å². The van der Waals surface area contributed by atoms with Crippen molar-refractivity contribution in [3.8, 4) is 0 Å². The van der Waals surface area contributed by atoms with E-state index in [2.05, 4.69) is 9.37 Å². The van der Waals surface area contributed by atoms with E-state index in [-0.39, 0.29) is 185 Å². The minimum Gasteiger partial charge on any atom is -0.744 e. The Labute approximate surface area is 400 Å². The molecule has 0 spiro atoms. The molecule has 0 unspecified atom stereocenters. The van der Waals surface area contributed by atoms with Crippen molar-refractivity contribution in [2.24, 2.45) is 0 Å². The van der Waals surface area contributed by atoms with E-state index in [4.69, 9.17) is 0 Å². The smallest absolute Gasteiger partial charge is 0.744 e. The molecule has 0 aliphatic carbocycles. The van der Waals surface area contributed by atoms with Gasteiger partial charge in [0.25, 0.3) is 0 Å². The topological polar surface area (TPSA) is 182 Å². The Kier molecular flexibility index (Phi) is 18.5. The molecular weight excluding hydrogens is 718 g/mol. The number of aliphatic carboxylic acids is 2. The maximum atomic E-state index is 11.7. The maximum absolute atomic E-state index is 11.7. The summed E-state index contributed by atoms with van der Waals surface area (Å²) in [7, 11) is -4.72. The average Bonchev–Trinajstić information content (AvgIpc) is 3.27. The summed E-state index contributed by atoms with van der Waals surface area (Å²) in [5.41, 5.74) is 2.86. The van der Waals surface area contributed by atoms with Crippen LogP contribution in [0.3, 0.4) is 0 Å². The third-order valence-electron chi connectivity index (χ3n) is 7.77. The van der Waals surface area contributed by atoms with Gasteiger partial charge >= 0.3 is 160 Å². The van der Waals surface area contributed by atoms with Gasteiger partial charge in [0.15, 0.2) is 12.3 Å². The molecule has 0 saturated heterocycles. The predicted molar refractivity (Wildman–Crippen MR) is 151 cm³/mol. The monoisotopic (exact) mass is 747 g/mol. The van der Waals surface area contributed by atoms with Crippen LogP contribution >= 0.6 is 12.0 Å². The van der Waals surface area contributed by atoms with Crippen LogP contribution < -0.4 is 169 Å². The van der Waals surface area contributed by atoms with E-state index in [9.17, 15) is 38.0 Å². The van der Waals surface area contributed by atoms with E-state index < -0.39 is 32.9 Å². The first kappa shape index (κ1) is 45.4. The fourth-order valence-electron chi connectivity index (χ4n) is 5.69. The summed E-state index contributed by atoms with van der Waals surface area (Å²) in [6, 6.07) is 9.41. The number of anilines is 1. The van der Waals surface area contributed by atoms with Gasteiger partial charge in [-0.2, -0.15) is 8.91 Å². The number of allylic oxidation sites excluding steroid dienone is 4. The Morgan fingerprint density at radius 1 is 1.02 bits per heavy atom. The zero-order chi connectivity index (χ0) is 31.7. The fourth-order valence-corrected chi connectivity index (χ4v) is 6.59. The van der Waals surface area contributed by atoms with E-state index in [0.29, 0.717) is 21.8 Å². The van der Waals surface area contributed by atoms with Gasteiger partial charge in [0, 0.05) is 58.3 Å². The zero-order valence-electron chi connectivity index (χ0n) is 26.9. The van der Waals surface area contributed by atoms with Gasteiger partial charge in [-0.15, -0.1) is 0 Å². The molecule has 230 valence electrons. The van der Waals surface area contributed by atoms with Gasteiger partial charge < -0.3 is 29.7 Å². The molecule has 0 atom stereocenters. The number of hydrogen-bond donors (Lipinski definition) is 1. The standard InChI is InChI=1S/C29H32N2O10S2.3K/c1-28(2)20-16-18(42-41-40-36)8-10-22(20)30(14-12-26(32)33)24(28)6-5-7-25-29(3,4)21-17-19(43(37,38)39)9-11-23(21)31(25)15-13-27(34)35;;;/h5-11,16-17H,12-15H2,1-4H3,(H3-,32,33,34,35,36,37,38,39);;;/q;3*+1/p-2. The van der Waals surface area contributed by atoms with Crippen LogP contribution in [-0.2, 0) is 39.9 Å². The molecular formula is C29H30K3N2O10S2+. The number of carbonyl (C=O) groups is 2. The van der Waals surface area contributed by atoms with Gasteiger partial charge in [0.2, 0.25) is 5.69 Å². The van der Waals surface area contributed by atoms with Crippen molar-refractivity contribution >= 4 is 51.2 Å². The first-order chi connectivity index (χ1) is 20.1. The summed E-state index contributed by atoms with van der Waals surface area (Å²) < 4.78 is 41.6. The Morgan fingerprint density at radius 3 is 2.28 bits per heavy atom. The van der Waals surface area contributed by atoms with E-state index in [1.54, 1.807) is 23.1 Å². The van der Waals surface area contributed by atoms with Crippen molar-refractivity contribution in [2.45, 2.75) is 61.2 Å². The Bertz CT molecular complexity index is 1670. The Balaban J connectivity index is 0.00000353. The molecule has 2 heterocycles. The summed E-state index contributed by atoms with van der Waals surface area (Å²) in [6.45, 7) is 7.89. The number of fused-ring (bicyclic) bond motifs is 2. The summed E-state index contributed by atoms with van der Waals surface area (Å²) in [5.74, 6) is -2.21. The molecule has 46 heavy (non-hydrogen) atoms. The van der Waals surface area contributed by atoms with E-state index >= 15 is 0 Å². The number of benzene rings is 2. The van der Waals surface area contributed by atoms with Crippen LogP contribution in [0, 0.1) is 0 Å². The molecule has 2 aliphatic heterocycles. The van der Waals surface area contributed by atoms with Gasteiger partial charge in [-0.25, -0.2) is 8.42 Å². The fraction of sp³-hybridized carbons (Fsp3) is 0.345. The Hall–Kier alpha value is 1.38. The third kappa shape index (κ3) is 10.2. The van der Waals surface area contributed by atoms with Crippen LogP contribution in [0.5, 0.6) is 0 Å². The van der Waals surface area contributed by atoms with Crippen molar-refractivity contribution < 1.29 is 206 Å².